The Hall–Kier alpha value is -3.30. The second-order valence-electron chi connectivity index (χ2n) is 9.04. The smallest absolute Gasteiger partial charge is 0.408 e. The zero-order chi connectivity index (χ0) is 26.3. The molecule has 3 amide bonds. The third-order valence-corrected chi connectivity index (χ3v) is 5.33. The average Bonchev–Trinajstić information content (AvgIpc) is 2.75. The van der Waals surface area contributed by atoms with Gasteiger partial charge in [0.1, 0.15) is 23.9 Å². The lowest BCUT2D eigenvalue weighted by molar-refractivity contribution is -0.138. The highest BCUT2D eigenvalue weighted by molar-refractivity contribution is 6.34. The molecule has 0 saturated carbocycles. The minimum absolute atomic E-state index is 0.0292. The van der Waals surface area contributed by atoms with Crippen molar-refractivity contribution in [1.29, 1.82) is 0 Å². The molecule has 0 aliphatic heterocycles. The molecule has 2 rings (SSSR count). The second-order valence-corrected chi connectivity index (χ2v) is 9.44. The molecule has 0 saturated heterocycles. The van der Waals surface area contributed by atoms with E-state index in [9.17, 15) is 24.6 Å². The van der Waals surface area contributed by atoms with Crippen molar-refractivity contribution in [1.82, 2.24) is 10.2 Å². The predicted molar refractivity (Wildman–Crippen MR) is 133 cm³/mol. The highest BCUT2D eigenvalue weighted by atomic mass is 35.5. The molecule has 0 aromatic heterocycles. The number of nitrogens with zero attached hydrogens (tertiary/aromatic N) is 1. The van der Waals surface area contributed by atoms with E-state index in [0.29, 0.717) is 21.8 Å². The molecule has 9 nitrogen and oxygen atoms in total. The van der Waals surface area contributed by atoms with Gasteiger partial charge in [0.15, 0.2) is 0 Å². The SMILES string of the molecule is Cc1cc(C(C(=O)Nc2c(C)cccc2Cl)N(CCO)C(=O)CNC(=O)OC(C)(C)C)ccc1O. The molecular weight excluding hydrogens is 474 g/mol. The third-order valence-electron chi connectivity index (χ3n) is 5.01. The van der Waals surface area contributed by atoms with Gasteiger partial charge in [-0.2, -0.15) is 0 Å². The maximum atomic E-state index is 13.5. The standard InChI is InChI=1S/C25H32ClN3O6/c1-15-7-6-8-18(26)21(15)28-23(33)22(17-9-10-19(31)16(2)13-17)29(11-12-30)20(32)14-27-24(34)35-25(3,4)5/h6-10,13,22,30-31H,11-12,14H2,1-5H3,(H,27,34)(H,28,33). The van der Waals surface area contributed by atoms with Crippen LogP contribution in [0.5, 0.6) is 5.75 Å². The molecule has 0 fully saturated rings. The number of alkyl carbamates (subject to hydrolysis) is 1. The van der Waals surface area contributed by atoms with Crippen molar-refractivity contribution >= 4 is 35.2 Å². The molecule has 10 heteroatoms. The lowest BCUT2D eigenvalue weighted by atomic mass is 10.0. The molecular formula is C25H32ClN3O6. The monoisotopic (exact) mass is 505 g/mol. The summed E-state index contributed by atoms with van der Waals surface area (Å²) < 4.78 is 5.16. The van der Waals surface area contributed by atoms with Gasteiger partial charge in [-0.25, -0.2) is 4.79 Å². The van der Waals surface area contributed by atoms with Crippen LogP contribution in [0.2, 0.25) is 5.02 Å². The molecule has 2 aromatic rings. The van der Waals surface area contributed by atoms with Crippen LogP contribution in [0.15, 0.2) is 36.4 Å². The molecule has 2 aromatic carbocycles. The Labute approximate surface area is 210 Å². The van der Waals surface area contributed by atoms with Crippen LogP contribution in [-0.2, 0) is 14.3 Å². The number of hydrogen-bond donors (Lipinski definition) is 4. The van der Waals surface area contributed by atoms with Crippen molar-refractivity contribution in [3.05, 3.63) is 58.1 Å². The number of ether oxygens (including phenoxy) is 1. The van der Waals surface area contributed by atoms with E-state index in [1.807, 2.05) is 0 Å². The minimum Gasteiger partial charge on any atom is -0.508 e. The Morgan fingerprint density at radius 3 is 2.37 bits per heavy atom. The van der Waals surface area contributed by atoms with Crippen LogP contribution in [-0.4, -0.2) is 58.3 Å². The van der Waals surface area contributed by atoms with Gasteiger partial charge < -0.3 is 30.5 Å². The quantitative estimate of drug-likeness (QED) is 0.433. The fraction of sp³-hybridized carbons (Fsp3) is 0.400. The number of anilines is 1. The van der Waals surface area contributed by atoms with Crippen molar-refractivity contribution in [2.45, 2.75) is 46.3 Å². The molecule has 1 atom stereocenters. The number of aliphatic hydroxyl groups excluding tert-OH is 1. The maximum absolute atomic E-state index is 13.5. The van der Waals surface area contributed by atoms with Crippen LogP contribution in [0.3, 0.4) is 0 Å². The summed E-state index contributed by atoms with van der Waals surface area (Å²) >= 11 is 6.28. The topological polar surface area (TPSA) is 128 Å². The normalized spacial score (nSPS) is 12.0. The molecule has 1 unspecified atom stereocenters. The molecule has 0 bridgehead atoms. The number of carbonyl (C=O) groups is 3. The van der Waals surface area contributed by atoms with E-state index < -0.39 is 42.7 Å². The number of aryl methyl sites for hydroxylation is 2. The van der Waals surface area contributed by atoms with Gasteiger partial charge in [-0.05, 0) is 69.5 Å². The van der Waals surface area contributed by atoms with E-state index in [2.05, 4.69) is 10.6 Å². The summed E-state index contributed by atoms with van der Waals surface area (Å²) in [5.74, 6) is -1.17. The Morgan fingerprint density at radius 1 is 1.11 bits per heavy atom. The van der Waals surface area contributed by atoms with Gasteiger partial charge >= 0.3 is 6.09 Å². The fourth-order valence-corrected chi connectivity index (χ4v) is 3.64. The first-order valence-electron chi connectivity index (χ1n) is 11.1. The first-order valence-corrected chi connectivity index (χ1v) is 11.4. The van der Waals surface area contributed by atoms with E-state index in [-0.39, 0.29) is 12.3 Å². The van der Waals surface area contributed by atoms with Gasteiger partial charge in [-0.3, -0.25) is 9.59 Å². The first-order chi connectivity index (χ1) is 16.3. The lowest BCUT2D eigenvalue weighted by Crippen LogP contribution is -2.47. The third kappa shape index (κ3) is 7.87. The molecule has 4 N–H and O–H groups in total. The van der Waals surface area contributed by atoms with Gasteiger partial charge in [0.05, 0.1) is 17.3 Å². The molecule has 0 radical (unpaired) electrons. The zero-order valence-electron chi connectivity index (χ0n) is 20.5. The average molecular weight is 506 g/mol. The summed E-state index contributed by atoms with van der Waals surface area (Å²) in [7, 11) is 0. The zero-order valence-corrected chi connectivity index (χ0v) is 21.3. The molecule has 190 valence electrons. The predicted octanol–water partition coefficient (Wildman–Crippen LogP) is 3.69. The van der Waals surface area contributed by atoms with Crippen molar-refractivity contribution in [3.63, 3.8) is 0 Å². The lowest BCUT2D eigenvalue weighted by Gasteiger charge is -2.31. The highest BCUT2D eigenvalue weighted by Crippen LogP contribution is 2.30. The number of amides is 3. The maximum Gasteiger partial charge on any atom is 0.408 e. The number of rotatable bonds is 8. The first kappa shape index (κ1) is 27.9. The second kappa shape index (κ2) is 11.9. The molecule has 0 aliphatic carbocycles. The molecule has 0 heterocycles. The number of phenols is 1. The molecule has 0 aliphatic rings. The number of carbonyl (C=O) groups excluding carboxylic acids is 3. The number of aliphatic hydroxyl groups is 1. The van der Waals surface area contributed by atoms with Gasteiger partial charge in [-0.1, -0.05) is 29.8 Å². The summed E-state index contributed by atoms with van der Waals surface area (Å²) in [6.45, 7) is 7.44. The molecule has 0 spiro atoms. The number of benzene rings is 2. The summed E-state index contributed by atoms with van der Waals surface area (Å²) in [4.78, 5) is 39.9. The van der Waals surface area contributed by atoms with Crippen molar-refractivity contribution in [2.24, 2.45) is 0 Å². The van der Waals surface area contributed by atoms with Crippen LogP contribution in [0.25, 0.3) is 0 Å². The van der Waals surface area contributed by atoms with Gasteiger partial charge in [0, 0.05) is 6.54 Å². The summed E-state index contributed by atoms with van der Waals surface area (Å²) in [6, 6.07) is 8.49. The number of nitrogens with one attached hydrogen (secondary N) is 2. The highest BCUT2D eigenvalue weighted by Gasteiger charge is 2.32. The fourth-order valence-electron chi connectivity index (χ4n) is 3.37. The van der Waals surface area contributed by atoms with Crippen molar-refractivity contribution < 1.29 is 29.3 Å². The van der Waals surface area contributed by atoms with Crippen LogP contribution in [0.4, 0.5) is 10.5 Å². The number of para-hydroxylation sites is 1. The molecule has 35 heavy (non-hydrogen) atoms. The van der Waals surface area contributed by atoms with Gasteiger partial charge in [0.25, 0.3) is 5.91 Å². The van der Waals surface area contributed by atoms with Crippen LogP contribution < -0.4 is 10.6 Å². The van der Waals surface area contributed by atoms with Crippen LogP contribution in [0.1, 0.15) is 43.5 Å². The van der Waals surface area contributed by atoms with Crippen LogP contribution >= 0.6 is 11.6 Å². The Balaban J connectivity index is 2.41. The summed E-state index contributed by atoms with van der Waals surface area (Å²) in [5.41, 5.74) is 1.26. The van der Waals surface area contributed by atoms with Gasteiger partial charge in [-0.15, -0.1) is 0 Å². The van der Waals surface area contributed by atoms with Crippen LogP contribution in [0, 0.1) is 13.8 Å². The number of halogens is 1. The van der Waals surface area contributed by atoms with E-state index in [4.69, 9.17) is 16.3 Å². The van der Waals surface area contributed by atoms with Crippen molar-refractivity contribution in [3.8, 4) is 5.75 Å². The Morgan fingerprint density at radius 2 is 1.80 bits per heavy atom. The van der Waals surface area contributed by atoms with E-state index in [0.717, 1.165) is 10.5 Å². The summed E-state index contributed by atoms with van der Waals surface area (Å²) in [6.07, 6.45) is -0.789. The van der Waals surface area contributed by atoms with E-state index in [1.165, 1.54) is 12.1 Å². The number of phenolic OH excluding ortho intramolecular Hbond substituents is 1. The van der Waals surface area contributed by atoms with E-state index in [1.54, 1.807) is 58.9 Å². The Bertz CT molecular complexity index is 1060. The number of hydrogen-bond acceptors (Lipinski definition) is 6. The van der Waals surface area contributed by atoms with Crippen molar-refractivity contribution in [2.75, 3.05) is 25.0 Å². The van der Waals surface area contributed by atoms with E-state index >= 15 is 0 Å². The van der Waals surface area contributed by atoms with Gasteiger partial charge in [0.2, 0.25) is 5.91 Å². The summed E-state index contributed by atoms with van der Waals surface area (Å²) in [5, 5.41) is 25.1. The Kier molecular flexibility index (Phi) is 9.50. The number of aromatic hydroxyl groups is 1. The largest absolute Gasteiger partial charge is 0.508 e. The minimum atomic E-state index is -1.19.